The molecule has 0 aliphatic rings. The molecule has 0 saturated carbocycles. The van der Waals surface area contributed by atoms with E-state index in [-0.39, 0.29) is 5.84 Å². The number of benzene rings is 1. The molecule has 5 nitrogen and oxygen atoms in total. The second-order valence-electron chi connectivity index (χ2n) is 3.05. The van der Waals surface area contributed by atoms with Gasteiger partial charge in [0.05, 0.1) is 6.61 Å². The van der Waals surface area contributed by atoms with Gasteiger partial charge in [-0.3, -0.25) is 5.41 Å². The van der Waals surface area contributed by atoms with Crippen molar-refractivity contribution in [2.75, 3.05) is 13.2 Å². The van der Waals surface area contributed by atoms with Crippen molar-refractivity contribution in [1.29, 1.82) is 5.41 Å². The molecule has 0 fully saturated rings. The molecule has 1 aromatic rings. The van der Waals surface area contributed by atoms with Crippen molar-refractivity contribution in [2.45, 2.75) is 6.42 Å². The van der Waals surface area contributed by atoms with E-state index in [1.54, 1.807) is 24.3 Å². The molecule has 82 valence electrons. The summed E-state index contributed by atoms with van der Waals surface area (Å²) in [5.74, 6) is 0.781. The first-order valence-electron chi connectivity index (χ1n) is 4.68. The second-order valence-corrected chi connectivity index (χ2v) is 3.05. The lowest BCUT2D eigenvalue weighted by Crippen LogP contribution is -2.12. The minimum atomic E-state index is 0.0473. The highest BCUT2D eigenvalue weighted by molar-refractivity contribution is 5.94. The van der Waals surface area contributed by atoms with E-state index in [0.29, 0.717) is 18.7 Å². The number of nitrogens with two attached hydrogens (primary N) is 1. The molecule has 0 atom stereocenters. The highest BCUT2D eigenvalue weighted by Gasteiger charge is 1.97. The molecule has 0 spiro atoms. The fourth-order valence-electron chi connectivity index (χ4n) is 1.07. The van der Waals surface area contributed by atoms with Gasteiger partial charge in [0.2, 0.25) is 0 Å². The van der Waals surface area contributed by atoms with Crippen LogP contribution in [-0.4, -0.2) is 24.2 Å². The SMILES string of the molecule is N=C(N)c1ccc(OCCCNO)cc1. The number of hydrogen-bond donors (Lipinski definition) is 4. The van der Waals surface area contributed by atoms with Gasteiger partial charge >= 0.3 is 0 Å². The van der Waals surface area contributed by atoms with E-state index in [1.165, 1.54) is 0 Å². The smallest absolute Gasteiger partial charge is 0.122 e. The van der Waals surface area contributed by atoms with Crippen molar-refractivity contribution in [3.05, 3.63) is 29.8 Å². The topological polar surface area (TPSA) is 91.4 Å². The largest absolute Gasteiger partial charge is 0.494 e. The molecule has 0 saturated heterocycles. The fraction of sp³-hybridized carbons (Fsp3) is 0.300. The van der Waals surface area contributed by atoms with Crippen molar-refractivity contribution >= 4 is 5.84 Å². The van der Waals surface area contributed by atoms with Crippen molar-refractivity contribution in [1.82, 2.24) is 5.48 Å². The van der Waals surface area contributed by atoms with Gasteiger partial charge < -0.3 is 15.7 Å². The molecule has 0 radical (unpaired) electrons. The average Bonchev–Trinajstić information content (AvgIpc) is 2.25. The lowest BCUT2D eigenvalue weighted by atomic mass is 10.2. The van der Waals surface area contributed by atoms with E-state index in [4.69, 9.17) is 21.1 Å². The van der Waals surface area contributed by atoms with E-state index in [1.807, 2.05) is 0 Å². The second kappa shape index (κ2) is 6.00. The van der Waals surface area contributed by atoms with Gasteiger partial charge in [-0.25, -0.2) is 5.48 Å². The Morgan fingerprint density at radius 2 is 2.07 bits per heavy atom. The molecule has 1 rings (SSSR count). The molecule has 0 aromatic heterocycles. The molecule has 5 heteroatoms. The summed E-state index contributed by atoms with van der Waals surface area (Å²) >= 11 is 0. The Morgan fingerprint density at radius 1 is 1.40 bits per heavy atom. The first-order valence-corrected chi connectivity index (χ1v) is 4.68. The Balaban J connectivity index is 2.39. The van der Waals surface area contributed by atoms with E-state index in [0.717, 1.165) is 12.2 Å². The third-order valence-electron chi connectivity index (χ3n) is 1.87. The Kier molecular flexibility index (Phi) is 4.59. The maximum Gasteiger partial charge on any atom is 0.122 e. The zero-order valence-corrected chi connectivity index (χ0v) is 8.36. The number of rotatable bonds is 6. The van der Waals surface area contributed by atoms with Crippen LogP contribution in [0.2, 0.25) is 0 Å². The molecule has 0 aliphatic heterocycles. The number of amidine groups is 1. The number of hydroxylamine groups is 1. The molecular weight excluding hydrogens is 194 g/mol. The van der Waals surface area contributed by atoms with Crippen LogP contribution in [0.4, 0.5) is 0 Å². The summed E-state index contributed by atoms with van der Waals surface area (Å²) in [7, 11) is 0. The normalized spacial score (nSPS) is 9.93. The minimum absolute atomic E-state index is 0.0473. The summed E-state index contributed by atoms with van der Waals surface area (Å²) in [6, 6.07) is 7.01. The van der Waals surface area contributed by atoms with Crippen LogP contribution in [0.25, 0.3) is 0 Å². The quantitative estimate of drug-likeness (QED) is 0.240. The lowest BCUT2D eigenvalue weighted by Gasteiger charge is -2.06. The van der Waals surface area contributed by atoms with E-state index in [2.05, 4.69) is 5.48 Å². The third kappa shape index (κ3) is 3.97. The van der Waals surface area contributed by atoms with E-state index in [9.17, 15) is 0 Å². The predicted molar refractivity (Wildman–Crippen MR) is 57.4 cm³/mol. The molecule has 15 heavy (non-hydrogen) atoms. The zero-order chi connectivity index (χ0) is 11.1. The van der Waals surface area contributed by atoms with Gasteiger partial charge in [0.15, 0.2) is 0 Å². The number of hydrogen-bond acceptors (Lipinski definition) is 4. The summed E-state index contributed by atoms with van der Waals surface area (Å²) in [6.45, 7) is 1.04. The highest BCUT2D eigenvalue weighted by atomic mass is 16.5. The van der Waals surface area contributed by atoms with E-state index < -0.39 is 0 Å². The van der Waals surface area contributed by atoms with Gasteiger partial charge in [-0.05, 0) is 30.7 Å². The summed E-state index contributed by atoms with van der Waals surface area (Å²) < 4.78 is 5.38. The minimum Gasteiger partial charge on any atom is -0.494 e. The van der Waals surface area contributed by atoms with Crippen LogP contribution in [0.5, 0.6) is 5.75 Å². The Labute approximate surface area is 88.3 Å². The van der Waals surface area contributed by atoms with Gasteiger partial charge in [-0.15, -0.1) is 0 Å². The van der Waals surface area contributed by atoms with Gasteiger partial charge in [0.1, 0.15) is 11.6 Å². The van der Waals surface area contributed by atoms with Gasteiger partial charge in [0.25, 0.3) is 0 Å². The Hall–Kier alpha value is -1.59. The van der Waals surface area contributed by atoms with Crippen molar-refractivity contribution in [3.8, 4) is 5.75 Å². The van der Waals surface area contributed by atoms with Gasteiger partial charge in [-0.1, -0.05) is 0 Å². The third-order valence-corrected chi connectivity index (χ3v) is 1.87. The first-order chi connectivity index (χ1) is 7.24. The zero-order valence-electron chi connectivity index (χ0n) is 8.36. The maximum atomic E-state index is 8.32. The van der Waals surface area contributed by atoms with Crippen molar-refractivity contribution < 1.29 is 9.94 Å². The van der Waals surface area contributed by atoms with Gasteiger partial charge in [0, 0.05) is 12.1 Å². The van der Waals surface area contributed by atoms with Crippen LogP contribution in [0, 0.1) is 5.41 Å². The van der Waals surface area contributed by atoms with Crippen LogP contribution in [0.15, 0.2) is 24.3 Å². The molecule has 0 bridgehead atoms. The molecule has 0 aliphatic carbocycles. The predicted octanol–water partition coefficient (Wildman–Crippen LogP) is 0.718. The van der Waals surface area contributed by atoms with Crippen molar-refractivity contribution in [3.63, 3.8) is 0 Å². The monoisotopic (exact) mass is 209 g/mol. The van der Waals surface area contributed by atoms with Crippen LogP contribution in [-0.2, 0) is 0 Å². The standard InChI is InChI=1S/C10H15N3O2/c11-10(12)8-2-4-9(5-3-8)15-7-1-6-13-14/h2-5,13-14H,1,6-7H2,(H3,11,12). The molecule has 0 heterocycles. The molecule has 5 N–H and O–H groups in total. The summed E-state index contributed by atoms with van der Waals surface area (Å²) in [5.41, 5.74) is 8.04. The van der Waals surface area contributed by atoms with Crippen LogP contribution < -0.4 is 16.0 Å². The van der Waals surface area contributed by atoms with Crippen LogP contribution in [0.1, 0.15) is 12.0 Å². The summed E-state index contributed by atoms with van der Waals surface area (Å²) in [5, 5.41) is 15.5. The molecule has 0 amide bonds. The lowest BCUT2D eigenvalue weighted by molar-refractivity contribution is 0.157. The number of ether oxygens (including phenoxy) is 1. The summed E-state index contributed by atoms with van der Waals surface area (Å²) in [4.78, 5) is 0. The summed E-state index contributed by atoms with van der Waals surface area (Å²) in [6.07, 6.45) is 0.727. The molecule has 0 unspecified atom stereocenters. The highest BCUT2D eigenvalue weighted by Crippen LogP contribution is 2.11. The molecule has 1 aromatic carbocycles. The van der Waals surface area contributed by atoms with Crippen LogP contribution >= 0.6 is 0 Å². The maximum absolute atomic E-state index is 8.32. The molecular formula is C10H15N3O2. The van der Waals surface area contributed by atoms with Crippen molar-refractivity contribution in [2.24, 2.45) is 5.73 Å². The average molecular weight is 209 g/mol. The van der Waals surface area contributed by atoms with Crippen LogP contribution in [0.3, 0.4) is 0 Å². The van der Waals surface area contributed by atoms with Gasteiger partial charge in [-0.2, -0.15) is 0 Å². The number of nitrogen functional groups attached to an aromatic ring is 1. The number of nitrogens with one attached hydrogen (secondary N) is 2. The van der Waals surface area contributed by atoms with E-state index >= 15 is 0 Å². The fourth-order valence-corrected chi connectivity index (χ4v) is 1.07. The Morgan fingerprint density at radius 3 is 2.60 bits per heavy atom. The Bertz CT molecular complexity index is 311. The first kappa shape index (κ1) is 11.5.